The lowest BCUT2D eigenvalue weighted by atomic mass is 10.3. The molecule has 0 amide bonds. The summed E-state index contributed by atoms with van der Waals surface area (Å²) in [4.78, 5) is 13.1. The standard InChI is InChI=1S/C9H16N2O4S2/c1-7-8(16-9(12)11-7)17(13,14)10-5-3-4-6-15-2/h10H,3-6H2,1-2H3,(H,11,12). The number of aromatic amines is 1. The van der Waals surface area contributed by atoms with Crippen LogP contribution in [0, 0.1) is 6.92 Å². The minimum atomic E-state index is -3.56. The van der Waals surface area contributed by atoms with Gasteiger partial charge in [0.1, 0.15) is 0 Å². The molecule has 0 aliphatic heterocycles. The molecule has 8 heteroatoms. The van der Waals surface area contributed by atoms with Gasteiger partial charge in [-0.05, 0) is 19.8 Å². The van der Waals surface area contributed by atoms with E-state index in [1.165, 1.54) is 0 Å². The van der Waals surface area contributed by atoms with Gasteiger partial charge in [-0.2, -0.15) is 0 Å². The molecule has 2 N–H and O–H groups in total. The van der Waals surface area contributed by atoms with Crippen LogP contribution >= 0.6 is 11.3 Å². The van der Waals surface area contributed by atoms with Crippen molar-refractivity contribution in [3.63, 3.8) is 0 Å². The van der Waals surface area contributed by atoms with Crippen LogP contribution in [0.3, 0.4) is 0 Å². The van der Waals surface area contributed by atoms with Gasteiger partial charge in [0.05, 0.1) is 0 Å². The predicted octanol–water partition coefficient (Wildman–Crippen LogP) is 0.450. The molecule has 98 valence electrons. The van der Waals surface area contributed by atoms with Crippen molar-refractivity contribution in [2.45, 2.75) is 24.0 Å². The van der Waals surface area contributed by atoms with Crippen molar-refractivity contribution in [2.75, 3.05) is 20.3 Å². The zero-order valence-corrected chi connectivity index (χ0v) is 11.4. The molecule has 0 saturated carbocycles. The number of sulfonamides is 1. The van der Waals surface area contributed by atoms with E-state index in [2.05, 4.69) is 9.71 Å². The Kier molecular flexibility index (Phi) is 5.31. The molecule has 0 radical (unpaired) electrons. The van der Waals surface area contributed by atoms with Gasteiger partial charge < -0.3 is 9.72 Å². The van der Waals surface area contributed by atoms with E-state index >= 15 is 0 Å². The van der Waals surface area contributed by atoms with Crippen LogP contribution in [0.1, 0.15) is 18.5 Å². The van der Waals surface area contributed by atoms with Crippen LogP contribution in [0.25, 0.3) is 0 Å². The summed E-state index contributed by atoms with van der Waals surface area (Å²) in [6.45, 7) is 2.52. The van der Waals surface area contributed by atoms with Crippen molar-refractivity contribution in [1.82, 2.24) is 9.71 Å². The minimum absolute atomic E-state index is 0.0641. The quantitative estimate of drug-likeness (QED) is 0.710. The predicted molar refractivity (Wildman–Crippen MR) is 66.0 cm³/mol. The Morgan fingerprint density at radius 2 is 2.12 bits per heavy atom. The lowest BCUT2D eigenvalue weighted by Gasteiger charge is -2.04. The van der Waals surface area contributed by atoms with Crippen LogP contribution in [0.5, 0.6) is 0 Å². The second-order valence-electron chi connectivity index (χ2n) is 3.52. The highest BCUT2D eigenvalue weighted by Gasteiger charge is 2.19. The molecule has 0 aromatic carbocycles. The highest BCUT2D eigenvalue weighted by molar-refractivity contribution is 7.91. The van der Waals surface area contributed by atoms with Gasteiger partial charge in [-0.3, -0.25) is 4.79 Å². The summed E-state index contributed by atoms with van der Waals surface area (Å²) in [5, 5.41) is 0. The number of aryl methyl sites for hydroxylation is 1. The number of H-pyrrole nitrogens is 1. The van der Waals surface area contributed by atoms with Gasteiger partial charge in [-0.15, -0.1) is 0 Å². The number of hydrogen-bond acceptors (Lipinski definition) is 5. The van der Waals surface area contributed by atoms with Crippen LogP contribution < -0.4 is 9.60 Å². The van der Waals surface area contributed by atoms with E-state index in [1.54, 1.807) is 14.0 Å². The average Bonchev–Trinajstić information content (AvgIpc) is 2.58. The first-order chi connectivity index (χ1) is 7.97. The maximum Gasteiger partial charge on any atom is 0.305 e. The highest BCUT2D eigenvalue weighted by Crippen LogP contribution is 2.15. The Labute approximate surface area is 104 Å². The van der Waals surface area contributed by atoms with Gasteiger partial charge in [0, 0.05) is 26.0 Å². The Morgan fingerprint density at radius 1 is 1.41 bits per heavy atom. The maximum absolute atomic E-state index is 11.8. The lowest BCUT2D eigenvalue weighted by Crippen LogP contribution is -2.24. The second kappa shape index (κ2) is 6.29. The molecular formula is C9H16N2O4S2. The summed E-state index contributed by atoms with van der Waals surface area (Å²) in [5.74, 6) is 0. The molecule has 0 spiro atoms. The molecule has 0 aliphatic carbocycles. The summed E-state index contributed by atoms with van der Waals surface area (Å²) in [6.07, 6.45) is 1.49. The molecule has 0 saturated heterocycles. The summed E-state index contributed by atoms with van der Waals surface area (Å²) in [7, 11) is -1.96. The van der Waals surface area contributed by atoms with Crippen molar-refractivity contribution in [2.24, 2.45) is 0 Å². The number of aromatic nitrogens is 1. The molecule has 0 fully saturated rings. The van der Waals surface area contributed by atoms with Crippen LogP contribution in [0.15, 0.2) is 9.00 Å². The van der Waals surface area contributed by atoms with Crippen molar-refractivity contribution in [1.29, 1.82) is 0 Å². The van der Waals surface area contributed by atoms with Crippen LogP contribution in [0.2, 0.25) is 0 Å². The first kappa shape index (κ1) is 14.4. The molecule has 17 heavy (non-hydrogen) atoms. The molecule has 0 bridgehead atoms. The Hall–Kier alpha value is -0.700. The van der Waals surface area contributed by atoms with Gasteiger partial charge >= 0.3 is 4.87 Å². The molecule has 1 aromatic heterocycles. The second-order valence-corrected chi connectivity index (χ2v) is 6.47. The number of thiazole rings is 1. The first-order valence-electron chi connectivity index (χ1n) is 5.15. The van der Waals surface area contributed by atoms with Gasteiger partial charge in [-0.25, -0.2) is 13.1 Å². The number of hydrogen-bond donors (Lipinski definition) is 2. The molecule has 0 aliphatic rings. The average molecular weight is 280 g/mol. The van der Waals surface area contributed by atoms with Crippen molar-refractivity contribution in [3.8, 4) is 0 Å². The fourth-order valence-corrected chi connectivity index (χ4v) is 3.71. The van der Waals surface area contributed by atoms with E-state index in [0.29, 0.717) is 36.6 Å². The zero-order chi connectivity index (χ0) is 12.9. The van der Waals surface area contributed by atoms with E-state index in [1.807, 2.05) is 0 Å². The molecular weight excluding hydrogens is 264 g/mol. The van der Waals surface area contributed by atoms with Gasteiger partial charge in [-0.1, -0.05) is 11.3 Å². The third kappa shape index (κ3) is 4.23. The molecule has 1 heterocycles. The van der Waals surface area contributed by atoms with Gasteiger partial charge in [0.15, 0.2) is 4.21 Å². The van der Waals surface area contributed by atoms with Gasteiger partial charge in [0.2, 0.25) is 0 Å². The number of nitrogens with one attached hydrogen (secondary N) is 2. The SMILES string of the molecule is COCCCCNS(=O)(=O)c1sc(=O)[nH]c1C. The van der Waals surface area contributed by atoms with Crippen LogP contribution in [-0.2, 0) is 14.8 Å². The van der Waals surface area contributed by atoms with E-state index in [0.717, 1.165) is 6.42 Å². The van der Waals surface area contributed by atoms with Crippen molar-refractivity contribution >= 4 is 21.4 Å². The topological polar surface area (TPSA) is 88.3 Å². The molecule has 0 atom stereocenters. The van der Waals surface area contributed by atoms with Crippen molar-refractivity contribution in [3.05, 3.63) is 15.4 Å². The Bertz CT molecular complexity index is 503. The zero-order valence-electron chi connectivity index (χ0n) is 9.78. The summed E-state index contributed by atoms with van der Waals surface area (Å²) in [5.41, 5.74) is 0.379. The Morgan fingerprint density at radius 3 is 2.65 bits per heavy atom. The number of methoxy groups -OCH3 is 1. The molecule has 6 nitrogen and oxygen atoms in total. The third-order valence-corrected chi connectivity index (χ3v) is 5.16. The fourth-order valence-electron chi connectivity index (χ4n) is 1.29. The largest absolute Gasteiger partial charge is 0.385 e. The number of rotatable bonds is 7. The fraction of sp³-hybridized carbons (Fsp3) is 0.667. The number of ether oxygens (including phenoxy) is 1. The normalized spacial score (nSPS) is 11.9. The molecule has 1 aromatic rings. The third-order valence-electron chi connectivity index (χ3n) is 2.09. The van der Waals surface area contributed by atoms with Crippen LogP contribution in [0.4, 0.5) is 0 Å². The van der Waals surface area contributed by atoms with Crippen molar-refractivity contribution < 1.29 is 13.2 Å². The van der Waals surface area contributed by atoms with E-state index < -0.39 is 10.0 Å². The monoisotopic (exact) mass is 280 g/mol. The number of unbranched alkanes of at least 4 members (excludes halogenated alkanes) is 1. The van der Waals surface area contributed by atoms with Gasteiger partial charge in [0.25, 0.3) is 10.0 Å². The molecule has 1 rings (SSSR count). The van der Waals surface area contributed by atoms with E-state index in [9.17, 15) is 13.2 Å². The maximum atomic E-state index is 11.8. The van der Waals surface area contributed by atoms with E-state index in [-0.39, 0.29) is 9.08 Å². The Balaban J connectivity index is 2.57. The summed E-state index contributed by atoms with van der Waals surface area (Å²) >= 11 is 0.703. The summed E-state index contributed by atoms with van der Waals surface area (Å²) in [6, 6.07) is 0. The first-order valence-corrected chi connectivity index (χ1v) is 7.45. The minimum Gasteiger partial charge on any atom is -0.385 e. The molecule has 0 unspecified atom stereocenters. The highest BCUT2D eigenvalue weighted by atomic mass is 32.2. The lowest BCUT2D eigenvalue weighted by molar-refractivity contribution is 0.193. The van der Waals surface area contributed by atoms with E-state index in [4.69, 9.17) is 4.74 Å². The summed E-state index contributed by atoms with van der Waals surface area (Å²) < 4.78 is 31.0. The smallest absolute Gasteiger partial charge is 0.305 e. The van der Waals surface area contributed by atoms with Crippen LogP contribution in [-0.4, -0.2) is 33.7 Å².